The number of ether oxygens (including phenoxy) is 2. The number of benzene rings is 1. The van der Waals surface area contributed by atoms with E-state index in [0.29, 0.717) is 23.6 Å². The highest BCUT2D eigenvalue weighted by molar-refractivity contribution is 5.89. The number of carbonyl (C=O) groups is 1. The molecule has 9 nitrogen and oxygen atoms in total. The minimum atomic E-state index is -0.703. The van der Waals surface area contributed by atoms with Crippen molar-refractivity contribution >= 4 is 11.6 Å². The van der Waals surface area contributed by atoms with Gasteiger partial charge >= 0.3 is 5.97 Å². The quantitative estimate of drug-likeness (QED) is 0.390. The highest BCUT2D eigenvalue weighted by atomic mass is 16.5. The van der Waals surface area contributed by atoms with Crippen molar-refractivity contribution in [3.63, 3.8) is 0 Å². The third-order valence-corrected chi connectivity index (χ3v) is 4.84. The van der Waals surface area contributed by atoms with Gasteiger partial charge < -0.3 is 18.5 Å². The fourth-order valence-electron chi connectivity index (χ4n) is 3.48. The van der Waals surface area contributed by atoms with E-state index >= 15 is 0 Å². The molecule has 9 heteroatoms. The molecule has 0 aliphatic carbocycles. The third kappa shape index (κ3) is 4.33. The number of rotatable bonds is 8. The van der Waals surface area contributed by atoms with E-state index in [9.17, 15) is 9.59 Å². The maximum absolute atomic E-state index is 13.0. The standard InChI is InChI=1S/C23H24N4O5/c1-4-30-23(29)17-12-26(13-20(32-15(2)3)16-8-6-5-7-9-16)21-10-18(19-11-24-14-31-19)25-27(21)22(17)28/h5-12,14-15,20H,4,13H2,1-3H3. The smallest absolute Gasteiger partial charge is 0.345 e. The molecule has 4 aromatic rings. The van der Waals surface area contributed by atoms with E-state index < -0.39 is 11.5 Å². The van der Waals surface area contributed by atoms with Gasteiger partial charge in [0.05, 0.1) is 25.5 Å². The zero-order valence-electron chi connectivity index (χ0n) is 18.1. The summed E-state index contributed by atoms with van der Waals surface area (Å²) in [5, 5.41) is 4.36. The molecule has 1 atom stereocenters. The number of oxazole rings is 1. The van der Waals surface area contributed by atoms with Crippen LogP contribution in [0.2, 0.25) is 0 Å². The number of fused-ring (bicyclic) bond motifs is 1. The molecule has 4 rings (SSSR count). The van der Waals surface area contributed by atoms with Gasteiger partial charge in [0.1, 0.15) is 23.0 Å². The number of esters is 1. The largest absolute Gasteiger partial charge is 0.462 e. The summed E-state index contributed by atoms with van der Waals surface area (Å²) in [4.78, 5) is 29.4. The van der Waals surface area contributed by atoms with Gasteiger partial charge in [-0.3, -0.25) is 4.79 Å². The third-order valence-electron chi connectivity index (χ3n) is 4.84. The van der Waals surface area contributed by atoms with Crippen LogP contribution in [0.25, 0.3) is 17.1 Å². The maximum atomic E-state index is 13.0. The summed E-state index contributed by atoms with van der Waals surface area (Å²) in [6.45, 7) is 6.11. The number of hydrogen-bond acceptors (Lipinski definition) is 7. The van der Waals surface area contributed by atoms with E-state index in [1.165, 1.54) is 23.3 Å². The van der Waals surface area contributed by atoms with Crippen molar-refractivity contribution in [3.8, 4) is 11.5 Å². The predicted octanol–water partition coefficient (Wildman–Crippen LogP) is 3.49. The van der Waals surface area contributed by atoms with E-state index in [0.717, 1.165) is 5.56 Å². The molecule has 0 aliphatic heterocycles. The zero-order chi connectivity index (χ0) is 22.7. The Hall–Kier alpha value is -3.72. The van der Waals surface area contributed by atoms with E-state index in [-0.39, 0.29) is 24.4 Å². The number of nitrogens with zero attached hydrogens (tertiary/aromatic N) is 4. The van der Waals surface area contributed by atoms with E-state index in [2.05, 4.69) is 10.1 Å². The van der Waals surface area contributed by atoms with Crippen LogP contribution in [0.1, 0.15) is 42.8 Å². The molecule has 0 radical (unpaired) electrons. The molecule has 166 valence electrons. The van der Waals surface area contributed by atoms with Crippen LogP contribution < -0.4 is 5.56 Å². The molecule has 0 spiro atoms. The summed E-state index contributed by atoms with van der Waals surface area (Å²) >= 11 is 0. The second-order valence-corrected chi connectivity index (χ2v) is 7.47. The first-order valence-electron chi connectivity index (χ1n) is 10.4. The van der Waals surface area contributed by atoms with Gasteiger partial charge in [0.25, 0.3) is 5.56 Å². The van der Waals surface area contributed by atoms with Crippen LogP contribution in [0.3, 0.4) is 0 Å². The van der Waals surface area contributed by atoms with Crippen LogP contribution in [0.5, 0.6) is 0 Å². The van der Waals surface area contributed by atoms with Gasteiger partial charge in [0.2, 0.25) is 0 Å². The van der Waals surface area contributed by atoms with Gasteiger partial charge in [-0.25, -0.2) is 9.78 Å². The Labute approximate surface area is 184 Å². The Kier molecular flexibility index (Phi) is 6.18. The van der Waals surface area contributed by atoms with E-state index in [1.54, 1.807) is 17.6 Å². The fraction of sp³-hybridized carbons (Fsp3) is 0.304. The van der Waals surface area contributed by atoms with Crippen molar-refractivity contribution in [1.29, 1.82) is 0 Å². The van der Waals surface area contributed by atoms with Crippen LogP contribution in [0, 0.1) is 0 Å². The van der Waals surface area contributed by atoms with Crippen molar-refractivity contribution in [3.05, 3.63) is 76.7 Å². The summed E-state index contributed by atoms with van der Waals surface area (Å²) in [6.07, 6.45) is 3.95. The van der Waals surface area contributed by atoms with Crippen LogP contribution in [-0.4, -0.2) is 37.8 Å². The molecule has 0 saturated carbocycles. The lowest BCUT2D eigenvalue weighted by molar-refractivity contribution is -0.00294. The average Bonchev–Trinajstić information content (AvgIpc) is 3.46. The molecule has 0 fully saturated rings. The first kappa shape index (κ1) is 21.5. The molecular formula is C23H24N4O5. The van der Waals surface area contributed by atoms with Crippen molar-refractivity contribution in [2.24, 2.45) is 0 Å². The molecule has 0 aliphatic rings. The Bertz CT molecular complexity index is 1260. The van der Waals surface area contributed by atoms with Gasteiger partial charge in [0.15, 0.2) is 12.2 Å². The van der Waals surface area contributed by atoms with Crippen molar-refractivity contribution in [2.45, 2.75) is 39.5 Å². The number of carbonyl (C=O) groups excluding carboxylic acids is 1. The maximum Gasteiger partial charge on any atom is 0.345 e. The Morgan fingerprint density at radius 1 is 1.22 bits per heavy atom. The second-order valence-electron chi connectivity index (χ2n) is 7.47. The number of aromatic nitrogens is 4. The van der Waals surface area contributed by atoms with Crippen molar-refractivity contribution < 1.29 is 18.7 Å². The van der Waals surface area contributed by atoms with Crippen LogP contribution >= 0.6 is 0 Å². The Balaban J connectivity index is 1.86. The normalized spacial score (nSPS) is 12.4. The highest BCUT2D eigenvalue weighted by Crippen LogP contribution is 2.24. The predicted molar refractivity (Wildman–Crippen MR) is 116 cm³/mol. The molecular weight excluding hydrogens is 412 g/mol. The summed E-state index contributed by atoms with van der Waals surface area (Å²) in [5.74, 6) is -0.290. The topological polar surface area (TPSA) is 101 Å². The van der Waals surface area contributed by atoms with Crippen molar-refractivity contribution in [2.75, 3.05) is 6.61 Å². The molecule has 0 amide bonds. The lowest BCUT2D eigenvalue weighted by Gasteiger charge is -2.23. The van der Waals surface area contributed by atoms with Crippen LogP contribution in [-0.2, 0) is 16.0 Å². The first-order chi connectivity index (χ1) is 15.5. The molecule has 0 N–H and O–H groups in total. The van der Waals surface area contributed by atoms with E-state index in [1.807, 2.05) is 44.2 Å². The zero-order valence-corrected chi connectivity index (χ0v) is 18.1. The second kappa shape index (κ2) is 9.19. The molecule has 0 saturated heterocycles. The van der Waals surface area contributed by atoms with Crippen molar-refractivity contribution in [1.82, 2.24) is 19.2 Å². The average molecular weight is 436 g/mol. The lowest BCUT2D eigenvalue weighted by Crippen LogP contribution is -2.28. The Morgan fingerprint density at radius 2 is 2.00 bits per heavy atom. The molecule has 3 heterocycles. The Morgan fingerprint density at radius 3 is 2.66 bits per heavy atom. The monoisotopic (exact) mass is 436 g/mol. The summed E-state index contributed by atoms with van der Waals surface area (Å²) in [5.41, 5.74) is 1.22. The van der Waals surface area contributed by atoms with Gasteiger partial charge in [-0.05, 0) is 26.3 Å². The van der Waals surface area contributed by atoms with Crippen LogP contribution in [0.4, 0.5) is 0 Å². The first-order valence-corrected chi connectivity index (χ1v) is 10.4. The summed E-state index contributed by atoms with van der Waals surface area (Å²) in [6, 6.07) is 11.5. The van der Waals surface area contributed by atoms with Gasteiger partial charge in [-0.2, -0.15) is 9.61 Å². The molecule has 3 aromatic heterocycles. The van der Waals surface area contributed by atoms with E-state index in [4.69, 9.17) is 13.9 Å². The van der Waals surface area contributed by atoms with Gasteiger partial charge in [0, 0.05) is 12.3 Å². The highest BCUT2D eigenvalue weighted by Gasteiger charge is 2.22. The van der Waals surface area contributed by atoms with Gasteiger partial charge in [-0.1, -0.05) is 30.3 Å². The fourth-order valence-corrected chi connectivity index (χ4v) is 3.48. The number of hydrogen-bond donors (Lipinski definition) is 0. The summed E-state index contributed by atoms with van der Waals surface area (Å²) in [7, 11) is 0. The van der Waals surface area contributed by atoms with Gasteiger partial charge in [-0.15, -0.1) is 0 Å². The molecule has 0 bridgehead atoms. The minimum Gasteiger partial charge on any atom is -0.462 e. The lowest BCUT2D eigenvalue weighted by atomic mass is 10.1. The minimum absolute atomic E-state index is 0.0326. The van der Waals surface area contributed by atoms with Crippen LogP contribution in [0.15, 0.2) is 64.4 Å². The SMILES string of the molecule is CCOC(=O)c1cn(CC(OC(C)C)c2ccccc2)c2cc(-c3cnco3)nn2c1=O. The molecule has 1 unspecified atom stereocenters. The molecule has 1 aromatic carbocycles. The molecule has 32 heavy (non-hydrogen) atoms. The summed E-state index contributed by atoms with van der Waals surface area (Å²) < 4.78 is 19.6.